The summed E-state index contributed by atoms with van der Waals surface area (Å²) in [6, 6.07) is 15.1. The van der Waals surface area contributed by atoms with E-state index in [-0.39, 0.29) is 28.3 Å². The minimum atomic E-state index is -4.03. The van der Waals surface area contributed by atoms with Gasteiger partial charge in [0.15, 0.2) is 0 Å². The van der Waals surface area contributed by atoms with Crippen LogP contribution >= 0.6 is 0 Å². The van der Waals surface area contributed by atoms with Crippen LogP contribution in [0.25, 0.3) is 0 Å². The molecule has 2 amide bonds. The van der Waals surface area contributed by atoms with Crippen LogP contribution < -0.4 is 4.72 Å². The Morgan fingerprint density at radius 1 is 1.00 bits per heavy atom. The maximum absolute atomic E-state index is 13.0. The Bertz CT molecular complexity index is 1300. The molecule has 1 aliphatic heterocycles. The van der Waals surface area contributed by atoms with Crippen LogP contribution in [-0.4, -0.2) is 30.1 Å². The maximum Gasteiger partial charge on any atom is 0.264 e. The third kappa shape index (κ3) is 3.40. The number of hydrogen-bond donors (Lipinski definition) is 1. The summed E-state index contributed by atoms with van der Waals surface area (Å²) >= 11 is 0. The highest BCUT2D eigenvalue weighted by Gasteiger charge is 2.38. The van der Waals surface area contributed by atoms with Gasteiger partial charge in [0.25, 0.3) is 21.8 Å². The molecule has 1 aromatic heterocycles. The Labute approximate surface area is 172 Å². The van der Waals surface area contributed by atoms with Gasteiger partial charge in [-0.1, -0.05) is 12.1 Å². The molecule has 9 heteroatoms. The third-order valence-corrected chi connectivity index (χ3v) is 5.98. The highest BCUT2D eigenvalue weighted by atomic mass is 32.2. The molecule has 30 heavy (non-hydrogen) atoms. The van der Waals surface area contributed by atoms with E-state index in [1.807, 2.05) is 6.07 Å². The largest absolute Gasteiger partial charge is 0.279 e. The normalized spacial score (nSPS) is 13.1. The van der Waals surface area contributed by atoms with Gasteiger partial charge >= 0.3 is 0 Å². The number of sulfonamides is 1. The van der Waals surface area contributed by atoms with Gasteiger partial charge in [-0.3, -0.25) is 24.2 Å². The summed E-state index contributed by atoms with van der Waals surface area (Å²) in [6.07, 6.45) is 3.14. The SMILES string of the molecule is N#Cc1ccc(S(=O)(=O)Nc2cccc3c2C(=O)N(Cc2cccnc2)C3=O)cc1. The number of pyridine rings is 1. The third-order valence-electron chi connectivity index (χ3n) is 4.60. The molecule has 2 aromatic carbocycles. The molecule has 0 bridgehead atoms. The molecule has 3 aromatic rings. The number of benzene rings is 2. The molecule has 0 atom stereocenters. The van der Waals surface area contributed by atoms with E-state index in [0.717, 1.165) is 4.90 Å². The quantitative estimate of drug-likeness (QED) is 0.636. The number of carbonyl (C=O) groups is 2. The molecule has 1 N–H and O–H groups in total. The Kier molecular flexibility index (Phi) is 4.77. The fourth-order valence-corrected chi connectivity index (χ4v) is 4.22. The first-order valence-corrected chi connectivity index (χ1v) is 10.3. The lowest BCUT2D eigenvalue weighted by Gasteiger charge is -2.14. The van der Waals surface area contributed by atoms with Gasteiger partial charge in [0.05, 0.1) is 39.9 Å². The maximum atomic E-state index is 13.0. The topological polar surface area (TPSA) is 120 Å². The highest BCUT2D eigenvalue weighted by molar-refractivity contribution is 7.92. The summed E-state index contributed by atoms with van der Waals surface area (Å²) in [5, 5.41) is 8.86. The number of aromatic nitrogens is 1. The Balaban J connectivity index is 1.66. The fourth-order valence-electron chi connectivity index (χ4n) is 3.15. The number of amides is 2. The van der Waals surface area contributed by atoms with Crippen LogP contribution in [-0.2, 0) is 16.6 Å². The lowest BCUT2D eigenvalue weighted by Crippen LogP contribution is -2.29. The zero-order valence-electron chi connectivity index (χ0n) is 15.4. The molecule has 1 aliphatic rings. The van der Waals surface area contributed by atoms with Gasteiger partial charge in [-0.25, -0.2) is 8.42 Å². The fraction of sp³-hybridized carbons (Fsp3) is 0.0476. The van der Waals surface area contributed by atoms with Gasteiger partial charge in [0.1, 0.15) is 0 Å². The molecule has 8 nitrogen and oxygen atoms in total. The van der Waals surface area contributed by atoms with E-state index in [0.29, 0.717) is 11.1 Å². The molecule has 0 spiro atoms. The number of fused-ring (bicyclic) bond motifs is 1. The van der Waals surface area contributed by atoms with E-state index in [1.54, 1.807) is 24.5 Å². The first-order chi connectivity index (χ1) is 14.4. The number of nitriles is 1. The van der Waals surface area contributed by atoms with Crippen LogP contribution in [0.4, 0.5) is 5.69 Å². The van der Waals surface area contributed by atoms with Gasteiger partial charge in [-0.2, -0.15) is 5.26 Å². The lowest BCUT2D eigenvalue weighted by molar-refractivity contribution is 0.0642. The number of nitrogens with zero attached hydrogens (tertiary/aromatic N) is 3. The first-order valence-electron chi connectivity index (χ1n) is 8.82. The van der Waals surface area contributed by atoms with Crippen LogP contribution in [0, 0.1) is 11.3 Å². The van der Waals surface area contributed by atoms with Crippen molar-refractivity contribution in [1.82, 2.24) is 9.88 Å². The summed E-state index contributed by atoms with van der Waals surface area (Å²) in [4.78, 5) is 30.7. The predicted molar refractivity (Wildman–Crippen MR) is 107 cm³/mol. The van der Waals surface area contributed by atoms with E-state index in [4.69, 9.17) is 5.26 Å². The van der Waals surface area contributed by atoms with Crippen molar-refractivity contribution in [2.75, 3.05) is 4.72 Å². The Hall–Kier alpha value is -4.03. The van der Waals surface area contributed by atoms with E-state index < -0.39 is 21.8 Å². The van der Waals surface area contributed by atoms with Crippen molar-refractivity contribution < 1.29 is 18.0 Å². The molecule has 0 saturated carbocycles. The highest BCUT2D eigenvalue weighted by Crippen LogP contribution is 2.31. The number of imide groups is 1. The van der Waals surface area contributed by atoms with Crippen molar-refractivity contribution in [1.29, 1.82) is 5.26 Å². The van der Waals surface area contributed by atoms with E-state index in [2.05, 4.69) is 9.71 Å². The van der Waals surface area contributed by atoms with Crippen molar-refractivity contribution in [3.63, 3.8) is 0 Å². The van der Waals surface area contributed by atoms with Crippen molar-refractivity contribution >= 4 is 27.5 Å². The van der Waals surface area contributed by atoms with E-state index in [9.17, 15) is 18.0 Å². The number of rotatable bonds is 5. The molecule has 0 saturated heterocycles. The standard InChI is InChI=1S/C21H14N4O4S/c22-11-14-6-8-16(9-7-14)30(28,29)24-18-5-1-4-17-19(18)21(27)25(20(17)26)13-15-3-2-10-23-12-15/h1-10,12,24H,13H2. The number of hydrogen-bond acceptors (Lipinski definition) is 6. The summed E-state index contributed by atoms with van der Waals surface area (Å²) in [6.45, 7) is 0.0298. The molecule has 4 rings (SSSR count). The monoisotopic (exact) mass is 418 g/mol. The average molecular weight is 418 g/mol. The van der Waals surface area contributed by atoms with E-state index >= 15 is 0 Å². The minimum Gasteiger partial charge on any atom is -0.279 e. The first kappa shape index (κ1) is 19.3. The molecule has 2 heterocycles. The average Bonchev–Trinajstić information content (AvgIpc) is 3.00. The van der Waals surface area contributed by atoms with Gasteiger partial charge in [-0.05, 0) is 48.0 Å². The van der Waals surface area contributed by atoms with E-state index in [1.165, 1.54) is 42.5 Å². The van der Waals surface area contributed by atoms with Gasteiger partial charge in [-0.15, -0.1) is 0 Å². The van der Waals surface area contributed by atoms with Crippen molar-refractivity contribution in [2.45, 2.75) is 11.4 Å². The van der Waals surface area contributed by atoms with Crippen LogP contribution in [0.2, 0.25) is 0 Å². The van der Waals surface area contributed by atoms with Crippen molar-refractivity contribution in [3.05, 3.63) is 89.2 Å². The minimum absolute atomic E-state index is 0.00334. The van der Waals surface area contributed by atoms with Crippen LogP contribution in [0.3, 0.4) is 0 Å². The van der Waals surface area contributed by atoms with Gasteiger partial charge in [0.2, 0.25) is 0 Å². The summed E-state index contributed by atoms with van der Waals surface area (Å²) in [5.74, 6) is -1.09. The van der Waals surface area contributed by atoms with Crippen molar-refractivity contribution in [3.8, 4) is 6.07 Å². The second-order valence-electron chi connectivity index (χ2n) is 6.53. The molecule has 0 radical (unpaired) electrons. The second kappa shape index (κ2) is 7.42. The molecular formula is C21H14N4O4S. The lowest BCUT2D eigenvalue weighted by atomic mass is 10.1. The van der Waals surface area contributed by atoms with Crippen LogP contribution in [0.15, 0.2) is 71.9 Å². The number of anilines is 1. The molecular weight excluding hydrogens is 404 g/mol. The molecule has 148 valence electrons. The molecule has 0 fully saturated rings. The second-order valence-corrected chi connectivity index (χ2v) is 8.21. The summed E-state index contributed by atoms with van der Waals surface area (Å²) in [7, 11) is -4.03. The molecule has 0 aliphatic carbocycles. The van der Waals surface area contributed by atoms with Crippen LogP contribution in [0.1, 0.15) is 31.8 Å². The zero-order valence-corrected chi connectivity index (χ0v) is 16.3. The molecule has 0 unspecified atom stereocenters. The number of nitrogens with one attached hydrogen (secondary N) is 1. The van der Waals surface area contributed by atoms with Gasteiger partial charge in [0, 0.05) is 12.4 Å². The Morgan fingerprint density at radius 2 is 1.77 bits per heavy atom. The zero-order chi connectivity index (χ0) is 21.3. The summed E-state index contributed by atoms with van der Waals surface area (Å²) < 4.78 is 27.9. The van der Waals surface area contributed by atoms with Crippen LogP contribution in [0.5, 0.6) is 0 Å². The Morgan fingerprint density at radius 3 is 2.43 bits per heavy atom. The van der Waals surface area contributed by atoms with Gasteiger partial charge < -0.3 is 0 Å². The summed E-state index contributed by atoms with van der Waals surface area (Å²) in [5.41, 5.74) is 1.14. The van der Waals surface area contributed by atoms with Crippen molar-refractivity contribution in [2.24, 2.45) is 0 Å². The smallest absolute Gasteiger partial charge is 0.264 e. The number of carbonyl (C=O) groups excluding carboxylic acids is 2. The predicted octanol–water partition coefficient (Wildman–Crippen LogP) is 2.55.